The van der Waals surface area contributed by atoms with E-state index < -0.39 is 0 Å². The summed E-state index contributed by atoms with van der Waals surface area (Å²) in [6.07, 6.45) is 0.294. The maximum absolute atomic E-state index is 13.1. The topological polar surface area (TPSA) is 29.1 Å². The molecule has 3 aromatic rings. The Morgan fingerprint density at radius 3 is 2.27 bits per heavy atom. The van der Waals surface area contributed by atoms with Crippen molar-refractivity contribution in [2.75, 3.05) is 5.32 Å². The summed E-state index contributed by atoms with van der Waals surface area (Å²) in [6.45, 7) is 4.15. The van der Waals surface area contributed by atoms with Crippen molar-refractivity contribution in [3.63, 3.8) is 0 Å². The van der Waals surface area contributed by atoms with Crippen LogP contribution in [0.2, 0.25) is 0 Å². The molecule has 0 aromatic heterocycles. The number of carbonyl (C=O) groups is 1. The van der Waals surface area contributed by atoms with Crippen LogP contribution in [0, 0.1) is 19.7 Å². The maximum atomic E-state index is 13.1. The highest BCUT2D eigenvalue weighted by atomic mass is 19.1. The Morgan fingerprint density at radius 2 is 1.62 bits per heavy atom. The molecule has 1 atom stereocenters. The summed E-state index contributed by atoms with van der Waals surface area (Å²) in [4.78, 5) is 12.7. The van der Waals surface area contributed by atoms with Crippen LogP contribution in [0.25, 0.3) is 0 Å². The Labute approximate surface area is 153 Å². The van der Waals surface area contributed by atoms with Crippen molar-refractivity contribution in [1.82, 2.24) is 0 Å². The van der Waals surface area contributed by atoms with Crippen LogP contribution in [0.4, 0.5) is 10.1 Å². The van der Waals surface area contributed by atoms with Gasteiger partial charge in [-0.15, -0.1) is 0 Å². The molecular formula is C23H22FNO. The van der Waals surface area contributed by atoms with E-state index in [2.05, 4.69) is 31.3 Å². The van der Waals surface area contributed by atoms with Gasteiger partial charge in [0.25, 0.3) is 0 Å². The summed E-state index contributed by atoms with van der Waals surface area (Å²) < 4.78 is 13.1. The fourth-order valence-corrected chi connectivity index (χ4v) is 2.91. The van der Waals surface area contributed by atoms with Gasteiger partial charge in [0.05, 0.1) is 6.04 Å². The minimum Gasteiger partial charge on any atom is -0.378 e. The molecule has 0 aliphatic carbocycles. The first kappa shape index (κ1) is 17.9. The van der Waals surface area contributed by atoms with Crippen LogP contribution in [-0.2, 0) is 0 Å². The Kier molecular flexibility index (Phi) is 5.47. The third kappa shape index (κ3) is 4.37. The van der Waals surface area contributed by atoms with Gasteiger partial charge in [-0.2, -0.15) is 0 Å². The van der Waals surface area contributed by atoms with Gasteiger partial charge in [0, 0.05) is 17.7 Å². The van der Waals surface area contributed by atoms with Crippen LogP contribution in [0.1, 0.15) is 39.5 Å². The summed E-state index contributed by atoms with van der Waals surface area (Å²) in [5.74, 6) is -0.357. The van der Waals surface area contributed by atoms with Crippen LogP contribution in [-0.4, -0.2) is 5.78 Å². The molecule has 3 aromatic carbocycles. The number of halogens is 1. The number of aryl methyl sites for hydroxylation is 2. The quantitative estimate of drug-likeness (QED) is 0.565. The minimum absolute atomic E-state index is 0.0183. The van der Waals surface area contributed by atoms with E-state index in [4.69, 9.17) is 0 Å². The number of rotatable bonds is 6. The van der Waals surface area contributed by atoms with Crippen molar-refractivity contribution in [2.45, 2.75) is 26.3 Å². The standard InChI is InChI=1S/C23H22FNO/c1-16-8-13-21(14-17(16)2)25-22(18-6-4-3-5-7-18)15-23(26)19-9-11-20(24)12-10-19/h3-14,22,25H,15H2,1-2H3. The summed E-state index contributed by atoms with van der Waals surface area (Å²) >= 11 is 0. The smallest absolute Gasteiger partial charge is 0.165 e. The molecule has 0 spiro atoms. The molecule has 0 amide bonds. The minimum atomic E-state index is -0.339. The van der Waals surface area contributed by atoms with Crippen molar-refractivity contribution in [2.24, 2.45) is 0 Å². The highest BCUT2D eigenvalue weighted by Crippen LogP contribution is 2.25. The first-order chi connectivity index (χ1) is 12.5. The van der Waals surface area contributed by atoms with Gasteiger partial charge in [0.1, 0.15) is 5.82 Å². The average Bonchev–Trinajstić information content (AvgIpc) is 2.65. The third-order valence-corrected chi connectivity index (χ3v) is 4.61. The number of anilines is 1. The molecule has 3 rings (SSSR count). The zero-order valence-electron chi connectivity index (χ0n) is 15.0. The van der Waals surface area contributed by atoms with Gasteiger partial charge in [0.2, 0.25) is 0 Å². The van der Waals surface area contributed by atoms with E-state index in [1.54, 1.807) is 0 Å². The van der Waals surface area contributed by atoms with Crippen molar-refractivity contribution in [3.05, 3.63) is 101 Å². The van der Waals surface area contributed by atoms with Gasteiger partial charge in [0.15, 0.2) is 5.78 Å². The highest BCUT2D eigenvalue weighted by molar-refractivity contribution is 5.96. The molecule has 2 nitrogen and oxygen atoms in total. The lowest BCUT2D eigenvalue weighted by Crippen LogP contribution is -2.16. The number of nitrogens with one attached hydrogen (secondary N) is 1. The lowest BCUT2D eigenvalue weighted by atomic mass is 9.97. The van der Waals surface area contributed by atoms with Crippen LogP contribution in [0.15, 0.2) is 72.8 Å². The molecule has 3 heteroatoms. The monoisotopic (exact) mass is 347 g/mol. The Hall–Kier alpha value is -2.94. The molecule has 0 bridgehead atoms. The fourth-order valence-electron chi connectivity index (χ4n) is 2.91. The summed E-state index contributed by atoms with van der Waals surface area (Å²) in [5, 5.41) is 3.48. The number of hydrogen-bond donors (Lipinski definition) is 1. The van der Waals surface area contributed by atoms with Gasteiger partial charge < -0.3 is 5.32 Å². The van der Waals surface area contributed by atoms with E-state index in [1.807, 2.05) is 36.4 Å². The van der Waals surface area contributed by atoms with E-state index in [9.17, 15) is 9.18 Å². The number of ketones is 1. The lowest BCUT2D eigenvalue weighted by molar-refractivity contribution is 0.0976. The second-order valence-electron chi connectivity index (χ2n) is 6.54. The largest absolute Gasteiger partial charge is 0.378 e. The van der Waals surface area contributed by atoms with Gasteiger partial charge in [-0.1, -0.05) is 36.4 Å². The fraction of sp³-hybridized carbons (Fsp3) is 0.174. The van der Waals surface area contributed by atoms with Crippen molar-refractivity contribution < 1.29 is 9.18 Å². The van der Waals surface area contributed by atoms with Crippen molar-refractivity contribution in [1.29, 1.82) is 0 Å². The Bertz CT molecular complexity index is 888. The predicted octanol–water partition coefficient (Wildman–Crippen LogP) is 5.87. The first-order valence-electron chi connectivity index (χ1n) is 8.70. The van der Waals surface area contributed by atoms with E-state index in [1.165, 1.54) is 35.4 Å². The second-order valence-corrected chi connectivity index (χ2v) is 6.54. The molecule has 132 valence electrons. The molecule has 26 heavy (non-hydrogen) atoms. The van der Waals surface area contributed by atoms with Gasteiger partial charge in [-0.05, 0) is 66.9 Å². The van der Waals surface area contributed by atoms with E-state index in [0.717, 1.165) is 11.3 Å². The van der Waals surface area contributed by atoms with Gasteiger partial charge in [-0.3, -0.25) is 4.79 Å². The second kappa shape index (κ2) is 7.96. The predicted molar refractivity (Wildman–Crippen MR) is 104 cm³/mol. The van der Waals surface area contributed by atoms with Gasteiger partial charge in [-0.25, -0.2) is 4.39 Å². The molecule has 0 radical (unpaired) electrons. The molecule has 1 unspecified atom stereocenters. The Balaban J connectivity index is 1.84. The molecule has 0 heterocycles. The molecule has 0 aliphatic rings. The van der Waals surface area contributed by atoms with Crippen molar-refractivity contribution in [3.8, 4) is 0 Å². The zero-order chi connectivity index (χ0) is 18.5. The number of benzene rings is 3. The van der Waals surface area contributed by atoms with E-state index >= 15 is 0 Å². The van der Waals surface area contributed by atoms with Crippen LogP contribution < -0.4 is 5.32 Å². The SMILES string of the molecule is Cc1ccc(NC(CC(=O)c2ccc(F)cc2)c2ccccc2)cc1C. The number of carbonyl (C=O) groups excluding carboxylic acids is 1. The van der Waals surface area contributed by atoms with Gasteiger partial charge >= 0.3 is 0 Å². The summed E-state index contributed by atoms with van der Waals surface area (Å²) in [5.41, 5.74) is 4.98. The summed E-state index contributed by atoms with van der Waals surface area (Å²) in [6, 6.07) is 21.7. The van der Waals surface area contributed by atoms with E-state index in [0.29, 0.717) is 12.0 Å². The number of hydrogen-bond acceptors (Lipinski definition) is 2. The normalized spacial score (nSPS) is 11.8. The molecule has 0 fully saturated rings. The Morgan fingerprint density at radius 1 is 0.923 bits per heavy atom. The molecule has 0 aliphatic heterocycles. The molecule has 0 saturated heterocycles. The molecule has 1 N–H and O–H groups in total. The maximum Gasteiger partial charge on any atom is 0.165 e. The van der Waals surface area contributed by atoms with Crippen LogP contribution in [0.3, 0.4) is 0 Å². The van der Waals surface area contributed by atoms with Crippen molar-refractivity contribution >= 4 is 11.5 Å². The lowest BCUT2D eigenvalue weighted by Gasteiger charge is -2.21. The van der Waals surface area contributed by atoms with E-state index in [-0.39, 0.29) is 17.6 Å². The average molecular weight is 347 g/mol. The molecular weight excluding hydrogens is 325 g/mol. The highest BCUT2D eigenvalue weighted by Gasteiger charge is 2.17. The zero-order valence-corrected chi connectivity index (χ0v) is 15.0. The van der Waals surface area contributed by atoms with Crippen LogP contribution >= 0.6 is 0 Å². The first-order valence-corrected chi connectivity index (χ1v) is 8.70. The molecule has 0 saturated carbocycles. The number of Topliss-reactive ketones (excluding diaryl/α,β-unsaturated/α-hetero) is 1. The third-order valence-electron chi connectivity index (χ3n) is 4.61. The summed E-state index contributed by atoms with van der Waals surface area (Å²) in [7, 11) is 0. The van der Waals surface area contributed by atoms with Crippen LogP contribution in [0.5, 0.6) is 0 Å².